The minimum atomic E-state index is -0.501. The van der Waals surface area contributed by atoms with Crippen molar-refractivity contribution in [2.75, 3.05) is 0 Å². The number of rotatable bonds is 13. The zero-order valence-electron chi connectivity index (χ0n) is 17.6. The minimum Gasteiger partial charge on any atom is -0.387 e. The van der Waals surface area contributed by atoms with Crippen LogP contribution in [0.4, 0.5) is 0 Å². The molecule has 0 bridgehead atoms. The lowest BCUT2D eigenvalue weighted by Gasteiger charge is -2.06. The number of aryl methyl sites for hydroxylation is 1. The zero-order chi connectivity index (χ0) is 19.8. The highest BCUT2D eigenvalue weighted by atomic mass is 35.5. The lowest BCUT2D eigenvalue weighted by Crippen LogP contribution is -2.27. The molecule has 29 heavy (non-hydrogen) atoms. The van der Waals surface area contributed by atoms with Crippen molar-refractivity contribution in [3.8, 4) is 11.4 Å². The Bertz CT molecular complexity index is 770. The van der Waals surface area contributed by atoms with Crippen molar-refractivity contribution in [3.63, 3.8) is 0 Å². The van der Waals surface area contributed by atoms with Crippen LogP contribution in [-0.2, 0) is 11.8 Å². The van der Waals surface area contributed by atoms with E-state index >= 15 is 0 Å². The van der Waals surface area contributed by atoms with Gasteiger partial charge in [-0.1, -0.05) is 81.6 Å². The van der Waals surface area contributed by atoms with Gasteiger partial charge in [0.2, 0.25) is 11.7 Å². The Hall–Kier alpha value is -1.88. The average molecular weight is 419 g/mol. The van der Waals surface area contributed by atoms with Gasteiger partial charge < -0.3 is 10.3 Å². The molecular formula is C23H35ClN4O. The Labute approximate surface area is 180 Å². The summed E-state index contributed by atoms with van der Waals surface area (Å²) >= 11 is 0. The fourth-order valence-corrected chi connectivity index (χ4v) is 3.76. The Morgan fingerprint density at radius 3 is 2.34 bits per heavy atom. The van der Waals surface area contributed by atoms with Crippen LogP contribution in [0.1, 0.15) is 89.0 Å². The van der Waals surface area contributed by atoms with E-state index in [1.807, 2.05) is 6.07 Å². The number of hydrogen-bond acceptors (Lipinski definition) is 4. The van der Waals surface area contributed by atoms with E-state index in [0.29, 0.717) is 11.7 Å². The second-order valence-electron chi connectivity index (χ2n) is 8.20. The van der Waals surface area contributed by atoms with Gasteiger partial charge in [0, 0.05) is 5.56 Å². The summed E-state index contributed by atoms with van der Waals surface area (Å²) in [6, 6.07) is 8.41. The molecule has 1 aliphatic carbocycles. The SMILES string of the molecule is CCCCCCCCCCCc1cccc(-c2noc(C3(C(=N)N)CC3)n2)c1.Cl. The summed E-state index contributed by atoms with van der Waals surface area (Å²) in [5.41, 5.74) is 7.51. The summed E-state index contributed by atoms with van der Waals surface area (Å²) in [5, 5.41) is 11.9. The molecule has 160 valence electrons. The van der Waals surface area contributed by atoms with Crippen molar-refractivity contribution in [2.24, 2.45) is 5.73 Å². The first-order valence-corrected chi connectivity index (χ1v) is 10.9. The largest absolute Gasteiger partial charge is 0.387 e. The minimum absolute atomic E-state index is 0. The topological polar surface area (TPSA) is 88.8 Å². The maximum Gasteiger partial charge on any atom is 0.240 e. The summed E-state index contributed by atoms with van der Waals surface area (Å²) in [5.74, 6) is 1.21. The molecule has 5 nitrogen and oxygen atoms in total. The molecule has 1 aromatic carbocycles. The number of nitrogens with two attached hydrogens (primary N) is 1. The zero-order valence-corrected chi connectivity index (χ0v) is 18.4. The Morgan fingerprint density at radius 2 is 1.72 bits per heavy atom. The first kappa shape index (κ1) is 23.4. The highest BCUT2D eigenvalue weighted by Crippen LogP contribution is 2.47. The quantitative estimate of drug-likeness (QED) is 0.230. The van der Waals surface area contributed by atoms with Gasteiger partial charge in [-0.15, -0.1) is 12.4 Å². The first-order chi connectivity index (χ1) is 13.7. The van der Waals surface area contributed by atoms with Crippen LogP contribution in [0.25, 0.3) is 11.4 Å². The van der Waals surface area contributed by atoms with E-state index in [0.717, 1.165) is 24.8 Å². The van der Waals surface area contributed by atoms with Gasteiger partial charge in [-0.25, -0.2) is 0 Å². The van der Waals surface area contributed by atoms with Crippen LogP contribution >= 0.6 is 12.4 Å². The molecule has 0 atom stereocenters. The molecule has 1 aromatic heterocycles. The van der Waals surface area contributed by atoms with Crippen molar-refractivity contribution >= 4 is 18.2 Å². The standard InChI is InChI=1S/C23H34N4O.ClH/c1-2-3-4-5-6-7-8-9-10-12-18-13-11-14-19(17-18)20-26-22(28-27-20)23(15-16-23)21(24)25;/h11,13-14,17H,2-10,12,15-16H2,1H3,(H3,24,25);1H. The molecule has 1 fully saturated rings. The average Bonchev–Trinajstić information content (AvgIpc) is 3.37. The molecule has 0 saturated heterocycles. The van der Waals surface area contributed by atoms with E-state index in [9.17, 15) is 0 Å². The highest BCUT2D eigenvalue weighted by Gasteiger charge is 2.52. The molecule has 1 aliphatic rings. The van der Waals surface area contributed by atoms with E-state index in [-0.39, 0.29) is 18.2 Å². The van der Waals surface area contributed by atoms with Gasteiger partial charge in [0.25, 0.3) is 0 Å². The lowest BCUT2D eigenvalue weighted by molar-refractivity contribution is 0.367. The fraction of sp³-hybridized carbons (Fsp3) is 0.609. The monoisotopic (exact) mass is 418 g/mol. The van der Waals surface area contributed by atoms with Gasteiger partial charge in [0.15, 0.2) is 0 Å². The molecule has 1 heterocycles. The number of amidine groups is 1. The molecule has 0 amide bonds. The number of benzene rings is 1. The number of halogens is 1. The van der Waals surface area contributed by atoms with E-state index in [1.165, 1.54) is 63.4 Å². The van der Waals surface area contributed by atoms with Crippen LogP contribution in [0, 0.1) is 5.41 Å². The maximum absolute atomic E-state index is 7.76. The van der Waals surface area contributed by atoms with Crippen LogP contribution in [0.15, 0.2) is 28.8 Å². The molecule has 0 radical (unpaired) electrons. The smallest absolute Gasteiger partial charge is 0.240 e. The maximum atomic E-state index is 7.76. The summed E-state index contributed by atoms with van der Waals surface area (Å²) in [4.78, 5) is 4.53. The van der Waals surface area contributed by atoms with Crippen LogP contribution in [0.3, 0.4) is 0 Å². The number of nitrogens with zero attached hydrogens (tertiary/aromatic N) is 2. The van der Waals surface area contributed by atoms with E-state index in [1.54, 1.807) is 0 Å². The van der Waals surface area contributed by atoms with Crippen molar-refractivity contribution in [1.82, 2.24) is 10.1 Å². The van der Waals surface area contributed by atoms with Gasteiger partial charge in [0.05, 0.1) is 0 Å². The van der Waals surface area contributed by atoms with Gasteiger partial charge in [0.1, 0.15) is 11.3 Å². The molecule has 1 saturated carbocycles. The molecule has 0 aliphatic heterocycles. The highest BCUT2D eigenvalue weighted by molar-refractivity contribution is 5.91. The predicted molar refractivity (Wildman–Crippen MR) is 121 cm³/mol. The lowest BCUT2D eigenvalue weighted by atomic mass is 10.0. The third kappa shape index (κ3) is 6.30. The molecule has 3 rings (SSSR count). The van der Waals surface area contributed by atoms with Gasteiger partial charge in [-0.2, -0.15) is 4.98 Å². The Balaban J connectivity index is 0.00000300. The van der Waals surface area contributed by atoms with Crippen LogP contribution < -0.4 is 5.73 Å². The van der Waals surface area contributed by atoms with E-state index in [2.05, 4.69) is 35.3 Å². The van der Waals surface area contributed by atoms with Gasteiger partial charge >= 0.3 is 0 Å². The van der Waals surface area contributed by atoms with Crippen LogP contribution in [0.2, 0.25) is 0 Å². The van der Waals surface area contributed by atoms with E-state index in [4.69, 9.17) is 15.7 Å². The van der Waals surface area contributed by atoms with Crippen molar-refractivity contribution in [1.29, 1.82) is 5.41 Å². The second-order valence-corrected chi connectivity index (χ2v) is 8.20. The molecule has 6 heteroatoms. The summed E-state index contributed by atoms with van der Waals surface area (Å²) in [6.45, 7) is 2.27. The van der Waals surface area contributed by atoms with Gasteiger partial charge in [-0.3, -0.25) is 5.41 Å². The first-order valence-electron chi connectivity index (χ1n) is 10.9. The predicted octanol–water partition coefficient (Wildman–Crippen LogP) is 6.20. The normalized spacial score (nSPS) is 14.4. The number of hydrogen-bond donors (Lipinski definition) is 2. The Morgan fingerprint density at radius 1 is 1.07 bits per heavy atom. The molecule has 2 aromatic rings. The third-order valence-electron chi connectivity index (χ3n) is 5.86. The number of unbranched alkanes of at least 4 members (excludes halogenated alkanes) is 8. The summed E-state index contributed by atoms with van der Waals surface area (Å²) < 4.78 is 5.43. The molecular weight excluding hydrogens is 384 g/mol. The van der Waals surface area contributed by atoms with Crippen LogP contribution in [-0.4, -0.2) is 16.0 Å². The van der Waals surface area contributed by atoms with Gasteiger partial charge in [-0.05, 0) is 37.3 Å². The van der Waals surface area contributed by atoms with E-state index < -0.39 is 5.41 Å². The van der Waals surface area contributed by atoms with Crippen LogP contribution in [0.5, 0.6) is 0 Å². The van der Waals surface area contributed by atoms with Crippen molar-refractivity contribution in [2.45, 2.75) is 89.4 Å². The molecule has 0 spiro atoms. The molecule has 3 N–H and O–H groups in total. The summed E-state index contributed by atoms with van der Waals surface area (Å²) in [6.07, 6.45) is 14.8. The second kappa shape index (κ2) is 11.3. The number of aromatic nitrogens is 2. The van der Waals surface area contributed by atoms with Crippen molar-refractivity contribution in [3.05, 3.63) is 35.7 Å². The summed E-state index contributed by atoms with van der Waals surface area (Å²) in [7, 11) is 0. The third-order valence-corrected chi connectivity index (χ3v) is 5.86. The Kier molecular flexibility index (Phi) is 9.15. The van der Waals surface area contributed by atoms with Crippen molar-refractivity contribution < 1.29 is 4.52 Å². The molecule has 0 unspecified atom stereocenters. The number of nitrogens with one attached hydrogen (secondary N) is 1. The fourth-order valence-electron chi connectivity index (χ4n) is 3.76.